The summed E-state index contributed by atoms with van der Waals surface area (Å²) in [5, 5.41) is 0. The van der Waals surface area contributed by atoms with Crippen molar-refractivity contribution in [3.63, 3.8) is 0 Å². The maximum Gasteiger partial charge on any atom is 0.417 e. The summed E-state index contributed by atoms with van der Waals surface area (Å²) in [6.07, 6.45) is -4.37. The van der Waals surface area contributed by atoms with Crippen LogP contribution < -0.4 is 0 Å². The molecule has 2 nitrogen and oxygen atoms in total. The summed E-state index contributed by atoms with van der Waals surface area (Å²) in [5.41, 5.74) is -0.255. The lowest BCUT2D eigenvalue weighted by Crippen LogP contribution is -2.07. The largest absolute Gasteiger partial charge is 0.465 e. The normalized spacial score (nSPS) is 11.3. The molecule has 2 aromatic carbocycles. The number of carbonyl (C=O) groups excluding carboxylic acids is 1. The van der Waals surface area contributed by atoms with E-state index in [2.05, 4.69) is 4.74 Å². The number of ether oxygens (including phenoxy) is 1. The molecule has 0 unspecified atom stereocenters. The van der Waals surface area contributed by atoms with Gasteiger partial charge in [-0.25, -0.2) is 4.79 Å². The summed E-state index contributed by atoms with van der Waals surface area (Å²) in [7, 11) is 1.29. The predicted octanol–water partition coefficient (Wildman–Crippen LogP) is 5.25. The Kier molecular flexibility index (Phi) is 5.38. The quantitative estimate of drug-likeness (QED) is 0.484. The average molecular weight is 438 g/mol. The second kappa shape index (κ2) is 6.91. The molecule has 0 aliphatic heterocycles. The highest BCUT2D eigenvalue weighted by Crippen LogP contribution is 2.37. The third-order valence-electron chi connectivity index (χ3n) is 2.75. The van der Waals surface area contributed by atoms with Crippen LogP contribution >= 0.6 is 34.4 Å². The SMILES string of the molecule is COC(=O)c1ccc(Sc2ccc(I)c(C(F)(F)F)c2)cc1. The zero-order valence-corrected chi connectivity index (χ0v) is 14.3. The average Bonchev–Trinajstić information content (AvgIpc) is 2.48. The minimum absolute atomic E-state index is 0.162. The van der Waals surface area contributed by atoms with Gasteiger partial charge in [-0.05, 0) is 65.1 Å². The number of benzene rings is 2. The summed E-state index contributed by atoms with van der Waals surface area (Å²) in [6, 6.07) is 10.7. The monoisotopic (exact) mass is 438 g/mol. The summed E-state index contributed by atoms with van der Waals surface area (Å²) < 4.78 is 43.4. The van der Waals surface area contributed by atoms with Crippen LogP contribution in [-0.4, -0.2) is 13.1 Å². The third kappa shape index (κ3) is 4.16. The van der Waals surface area contributed by atoms with Crippen molar-refractivity contribution in [1.82, 2.24) is 0 Å². The number of esters is 1. The zero-order chi connectivity index (χ0) is 16.3. The summed E-state index contributed by atoms with van der Waals surface area (Å²) in [4.78, 5) is 12.5. The Morgan fingerprint density at radius 2 is 1.68 bits per heavy atom. The molecule has 2 rings (SSSR count). The minimum Gasteiger partial charge on any atom is -0.465 e. The van der Waals surface area contributed by atoms with E-state index in [1.54, 1.807) is 52.9 Å². The Morgan fingerprint density at radius 3 is 2.23 bits per heavy atom. The Hall–Kier alpha value is -1.22. The molecule has 7 heteroatoms. The van der Waals surface area contributed by atoms with E-state index in [0.717, 1.165) is 11.0 Å². The number of halogens is 4. The van der Waals surface area contributed by atoms with Crippen LogP contribution in [0.2, 0.25) is 0 Å². The lowest BCUT2D eigenvalue weighted by molar-refractivity contribution is -0.138. The molecular formula is C15H10F3IO2S. The first-order valence-corrected chi connectivity index (χ1v) is 7.94. The Bertz CT molecular complexity index is 684. The first kappa shape index (κ1) is 17.1. The maximum absolute atomic E-state index is 12.9. The molecule has 0 N–H and O–H groups in total. The number of carbonyl (C=O) groups is 1. The molecule has 0 radical (unpaired) electrons. The lowest BCUT2D eigenvalue weighted by atomic mass is 10.2. The van der Waals surface area contributed by atoms with Gasteiger partial charge in [-0.3, -0.25) is 0 Å². The molecule has 0 fully saturated rings. The summed E-state index contributed by atoms with van der Waals surface area (Å²) in [6.45, 7) is 0. The van der Waals surface area contributed by atoms with Crippen LogP contribution in [0.1, 0.15) is 15.9 Å². The fourth-order valence-electron chi connectivity index (χ4n) is 1.70. The van der Waals surface area contributed by atoms with Crippen molar-refractivity contribution in [3.05, 3.63) is 57.2 Å². The van der Waals surface area contributed by atoms with Crippen LogP contribution in [0.4, 0.5) is 13.2 Å². The van der Waals surface area contributed by atoms with Crippen LogP contribution in [0.25, 0.3) is 0 Å². The van der Waals surface area contributed by atoms with Crippen molar-refractivity contribution in [2.24, 2.45) is 0 Å². The van der Waals surface area contributed by atoms with Crippen molar-refractivity contribution in [2.75, 3.05) is 7.11 Å². The van der Waals surface area contributed by atoms with Gasteiger partial charge in [0.25, 0.3) is 0 Å². The van der Waals surface area contributed by atoms with Gasteiger partial charge >= 0.3 is 12.1 Å². The molecule has 22 heavy (non-hydrogen) atoms. The fourth-order valence-corrected chi connectivity index (χ4v) is 3.20. The Morgan fingerprint density at radius 1 is 1.09 bits per heavy atom. The van der Waals surface area contributed by atoms with Gasteiger partial charge in [-0.1, -0.05) is 11.8 Å². The standard InChI is InChI=1S/C15H10F3IO2S/c1-21-14(20)9-2-4-10(5-3-9)22-11-6-7-13(19)12(8-11)15(16,17)18/h2-8H,1H3. The van der Waals surface area contributed by atoms with Gasteiger partial charge in [0.15, 0.2) is 0 Å². The molecular weight excluding hydrogens is 428 g/mol. The molecule has 0 saturated carbocycles. The van der Waals surface area contributed by atoms with E-state index in [1.165, 1.54) is 24.9 Å². The van der Waals surface area contributed by atoms with Gasteiger partial charge < -0.3 is 4.74 Å². The number of hydrogen-bond donors (Lipinski definition) is 0. The highest BCUT2D eigenvalue weighted by atomic mass is 127. The molecule has 116 valence electrons. The van der Waals surface area contributed by atoms with E-state index in [9.17, 15) is 18.0 Å². The van der Waals surface area contributed by atoms with Gasteiger partial charge in [0.05, 0.1) is 18.2 Å². The molecule has 0 atom stereocenters. The van der Waals surface area contributed by atoms with Crippen LogP contribution in [0.15, 0.2) is 52.3 Å². The van der Waals surface area contributed by atoms with Crippen LogP contribution in [0.5, 0.6) is 0 Å². The van der Waals surface area contributed by atoms with Gasteiger partial charge in [0.1, 0.15) is 0 Å². The molecule has 0 spiro atoms. The van der Waals surface area contributed by atoms with E-state index >= 15 is 0 Å². The van der Waals surface area contributed by atoms with E-state index < -0.39 is 17.7 Å². The van der Waals surface area contributed by atoms with Crippen molar-refractivity contribution in [3.8, 4) is 0 Å². The molecule has 0 amide bonds. The van der Waals surface area contributed by atoms with Crippen LogP contribution in [0.3, 0.4) is 0 Å². The molecule has 2 aromatic rings. The lowest BCUT2D eigenvalue weighted by Gasteiger charge is -2.11. The maximum atomic E-state index is 12.9. The van der Waals surface area contributed by atoms with Gasteiger partial charge in [-0.2, -0.15) is 13.2 Å². The van der Waals surface area contributed by atoms with Crippen molar-refractivity contribution >= 4 is 40.3 Å². The highest BCUT2D eigenvalue weighted by molar-refractivity contribution is 14.1. The molecule has 0 aliphatic carbocycles. The minimum atomic E-state index is -4.37. The van der Waals surface area contributed by atoms with Crippen molar-refractivity contribution < 1.29 is 22.7 Å². The van der Waals surface area contributed by atoms with Gasteiger partial charge in [0.2, 0.25) is 0 Å². The number of hydrogen-bond acceptors (Lipinski definition) is 3. The van der Waals surface area contributed by atoms with Crippen LogP contribution in [-0.2, 0) is 10.9 Å². The Balaban J connectivity index is 2.22. The third-order valence-corrected chi connectivity index (χ3v) is 4.69. The Labute approximate surface area is 143 Å². The molecule has 0 saturated heterocycles. The predicted molar refractivity (Wildman–Crippen MR) is 86.1 cm³/mol. The first-order chi connectivity index (χ1) is 10.3. The smallest absolute Gasteiger partial charge is 0.417 e. The van der Waals surface area contributed by atoms with Gasteiger partial charge in [0, 0.05) is 13.4 Å². The zero-order valence-electron chi connectivity index (χ0n) is 11.3. The molecule has 0 aliphatic rings. The second-order valence-electron chi connectivity index (χ2n) is 4.26. The van der Waals surface area contributed by atoms with E-state index in [1.807, 2.05) is 0 Å². The second-order valence-corrected chi connectivity index (χ2v) is 6.57. The topological polar surface area (TPSA) is 26.3 Å². The van der Waals surface area contributed by atoms with Crippen molar-refractivity contribution in [1.29, 1.82) is 0 Å². The van der Waals surface area contributed by atoms with E-state index in [4.69, 9.17) is 0 Å². The summed E-state index contributed by atoms with van der Waals surface area (Å²) >= 11 is 2.87. The van der Waals surface area contributed by atoms with Gasteiger partial charge in [-0.15, -0.1) is 0 Å². The summed E-state index contributed by atoms with van der Waals surface area (Å²) in [5.74, 6) is -0.454. The number of rotatable bonds is 3. The fraction of sp³-hybridized carbons (Fsp3) is 0.133. The van der Waals surface area contributed by atoms with E-state index in [-0.39, 0.29) is 3.57 Å². The van der Waals surface area contributed by atoms with Crippen molar-refractivity contribution in [2.45, 2.75) is 16.0 Å². The van der Waals surface area contributed by atoms with Crippen LogP contribution in [0, 0.1) is 3.57 Å². The molecule has 0 bridgehead atoms. The van der Waals surface area contributed by atoms with E-state index in [0.29, 0.717) is 10.5 Å². The molecule has 0 aromatic heterocycles. The highest BCUT2D eigenvalue weighted by Gasteiger charge is 2.33. The number of methoxy groups -OCH3 is 1. The molecule has 0 heterocycles. The number of alkyl halides is 3. The first-order valence-electron chi connectivity index (χ1n) is 6.04.